The summed E-state index contributed by atoms with van der Waals surface area (Å²) in [6, 6.07) is 8.76. The lowest BCUT2D eigenvalue weighted by Crippen LogP contribution is -2.43. The molecule has 1 aliphatic rings. The highest BCUT2D eigenvalue weighted by Crippen LogP contribution is 2.24. The van der Waals surface area contributed by atoms with Crippen LogP contribution >= 0.6 is 0 Å². The van der Waals surface area contributed by atoms with Gasteiger partial charge < -0.3 is 24.6 Å². The lowest BCUT2D eigenvalue weighted by molar-refractivity contribution is -0.120. The summed E-state index contributed by atoms with van der Waals surface area (Å²) < 4.78 is 15.7. The minimum atomic E-state index is -0.471. The number of hydrogen-bond acceptors (Lipinski definition) is 7. The molecule has 2 aromatic rings. The maximum atomic E-state index is 12.2. The largest absolute Gasteiger partial charge is 0.497 e. The number of amides is 2. The molecule has 0 radical (unpaired) electrons. The van der Waals surface area contributed by atoms with Crippen LogP contribution in [0.4, 0.5) is 0 Å². The van der Waals surface area contributed by atoms with Crippen LogP contribution in [-0.2, 0) is 9.53 Å². The number of nitrogens with zero attached hydrogens (tertiary/aromatic N) is 2. The van der Waals surface area contributed by atoms with Gasteiger partial charge in [-0.3, -0.25) is 14.5 Å². The zero-order valence-electron chi connectivity index (χ0n) is 15.8. The fourth-order valence-electron chi connectivity index (χ4n) is 2.79. The number of nitrogens with one attached hydrogen (secondary N) is 2. The van der Waals surface area contributed by atoms with Gasteiger partial charge in [-0.1, -0.05) is 17.3 Å². The molecule has 0 spiro atoms. The van der Waals surface area contributed by atoms with Gasteiger partial charge in [-0.25, -0.2) is 0 Å². The van der Waals surface area contributed by atoms with Gasteiger partial charge in [-0.05, 0) is 12.1 Å². The number of benzene rings is 1. The third-order valence-corrected chi connectivity index (χ3v) is 4.36. The first-order valence-electron chi connectivity index (χ1n) is 9.12. The highest BCUT2D eigenvalue weighted by molar-refractivity contribution is 5.95. The topological polar surface area (TPSA) is 106 Å². The molecule has 0 bridgehead atoms. The fourth-order valence-corrected chi connectivity index (χ4v) is 2.79. The predicted molar refractivity (Wildman–Crippen MR) is 101 cm³/mol. The number of rotatable bonds is 8. The third-order valence-electron chi connectivity index (χ3n) is 4.36. The number of hydrogen-bond donors (Lipinski definition) is 2. The summed E-state index contributed by atoms with van der Waals surface area (Å²) in [5.74, 6) is 0.395. The second kappa shape index (κ2) is 9.86. The van der Waals surface area contributed by atoms with E-state index in [-0.39, 0.29) is 18.1 Å². The Balaban J connectivity index is 1.43. The van der Waals surface area contributed by atoms with Crippen molar-refractivity contribution in [2.75, 3.05) is 53.0 Å². The van der Waals surface area contributed by atoms with Gasteiger partial charge >= 0.3 is 0 Å². The Morgan fingerprint density at radius 2 is 2.04 bits per heavy atom. The maximum Gasteiger partial charge on any atom is 0.273 e. The van der Waals surface area contributed by atoms with Crippen LogP contribution in [-0.4, -0.2) is 74.9 Å². The van der Waals surface area contributed by atoms with Crippen LogP contribution in [0.2, 0.25) is 0 Å². The van der Waals surface area contributed by atoms with Crippen molar-refractivity contribution in [2.24, 2.45) is 0 Å². The molecule has 0 saturated carbocycles. The van der Waals surface area contributed by atoms with E-state index in [9.17, 15) is 9.59 Å². The Kier molecular flexibility index (Phi) is 6.99. The monoisotopic (exact) mass is 388 g/mol. The Labute approximate surface area is 163 Å². The first-order valence-corrected chi connectivity index (χ1v) is 9.12. The SMILES string of the molecule is COc1cccc(-c2cc(C(=O)NCC(=O)NCCN3CCOCC3)no2)c1. The molecule has 1 saturated heterocycles. The summed E-state index contributed by atoms with van der Waals surface area (Å²) in [5.41, 5.74) is 0.852. The highest BCUT2D eigenvalue weighted by Gasteiger charge is 2.15. The van der Waals surface area contributed by atoms with Crippen LogP contribution in [0.15, 0.2) is 34.9 Å². The van der Waals surface area contributed by atoms with E-state index < -0.39 is 5.91 Å². The highest BCUT2D eigenvalue weighted by atomic mass is 16.5. The van der Waals surface area contributed by atoms with Crippen molar-refractivity contribution in [3.05, 3.63) is 36.0 Å². The Bertz CT molecular complexity index is 801. The first-order chi connectivity index (χ1) is 13.7. The molecule has 0 unspecified atom stereocenters. The fraction of sp³-hybridized carbons (Fsp3) is 0.421. The summed E-state index contributed by atoms with van der Waals surface area (Å²) in [4.78, 5) is 26.3. The average Bonchev–Trinajstić information content (AvgIpc) is 3.23. The molecule has 0 atom stereocenters. The van der Waals surface area contributed by atoms with Crippen molar-refractivity contribution in [3.8, 4) is 17.1 Å². The van der Waals surface area contributed by atoms with E-state index in [0.29, 0.717) is 18.1 Å². The van der Waals surface area contributed by atoms with Crippen molar-refractivity contribution < 1.29 is 23.6 Å². The van der Waals surface area contributed by atoms with Crippen molar-refractivity contribution in [2.45, 2.75) is 0 Å². The molecule has 9 heteroatoms. The molecule has 1 aliphatic heterocycles. The molecular formula is C19H24N4O5. The number of ether oxygens (including phenoxy) is 2. The molecule has 28 heavy (non-hydrogen) atoms. The molecule has 1 aromatic heterocycles. The zero-order valence-corrected chi connectivity index (χ0v) is 15.8. The minimum absolute atomic E-state index is 0.110. The van der Waals surface area contributed by atoms with E-state index in [1.807, 2.05) is 18.2 Å². The van der Waals surface area contributed by atoms with Crippen LogP contribution < -0.4 is 15.4 Å². The molecule has 0 aliphatic carbocycles. The van der Waals surface area contributed by atoms with Gasteiger partial charge in [0, 0.05) is 37.8 Å². The zero-order chi connectivity index (χ0) is 19.8. The van der Waals surface area contributed by atoms with Crippen LogP contribution in [0.1, 0.15) is 10.5 Å². The standard InChI is InChI=1S/C19H24N4O5/c1-26-15-4-2-3-14(11-15)17-12-16(22-28-17)19(25)21-13-18(24)20-5-6-23-7-9-27-10-8-23/h2-4,11-12H,5-10,13H2,1H3,(H,20,24)(H,21,25). The minimum Gasteiger partial charge on any atom is -0.497 e. The second-order valence-electron chi connectivity index (χ2n) is 6.30. The molecular weight excluding hydrogens is 364 g/mol. The lowest BCUT2D eigenvalue weighted by atomic mass is 10.1. The van der Waals surface area contributed by atoms with Gasteiger partial charge in [0.1, 0.15) is 5.75 Å². The molecule has 3 rings (SSSR count). The first kappa shape index (κ1) is 19.8. The van der Waals surface area contributed by atoms with Crippen molar-refractivity contribution in [1.29, 1.82) is 0 Å². The molecule has 9 nitrogen and oxygen atoms in total. The van der Waals surface area contributed by atoms with Gasteiger partial charge in [0.2, 0.25) is 5.91 Å². The number of carbonyl (C=O) groups excluding carboxylic acids is 2. The van der Waals surface area contributed by atoms with Gasteiger partial charge in [-0.2, -0.15) is 0 Å². The van der Waals surface area contributed by atoms with Crippen molar-refractivity contribution in [3.63, 3.8) is 0 Å². The Hall–Kier alpha value is -2.91. The molecule has 1 aromatic carbocycles. The van der Waals surface area contributed by atoms with Crippen LogP contribution in [0.25, 0.3) is 11.3 Å². The van der Waals surface area contributed by atoms with Gasteiger partial charge in [0.15, 0.2) is 11.5 Å². The summed E-state index contributed by atoms with van der Waals surface area (Å²) >= 11 is 0. The van der Waals surface area contributed by atoms with E-state index in [0.717, 1.165) is 38.4 Å². The number of methoxy groups -OCH3 is 1. The molecule has 1 fully saturated rings. The average molecular weight is 388 g/mol. The number of carbonyl (C=O) groups is 2. The summed E-state index contributed by atoms with van der Waals surface area (Å²) in [6.07, 6.45) is 0. The molecule has 2 amide bonds. The normalized spacial score (nSPS) is 14.5. The van der Waals surface area contributed by atoms with E-state index in [1.165, 1.54) is 6.07 Å². The van der Waals surface area contributed by atoms with Gasteiger partial charge in [0.25, 0.3) is 5.91 Å². The van der Waals surface area contributed by atoms with E-state index in [4.69, 9.17) is 14.0 Å². The molecule has 2 N–H and O–H groups in total. The van der Waals surface area contributed by atoms with E-state index in [2.05, 4.69) is 20.7 Å². The summed E-state index contributed by atoms with van der Waals surface area (Å²) in [6.45, 7) is 4.35. The lowest BCUT2D eigenvalue weighted by Gasteiger charge is -2.26. The molecule has 2 heterocycles. The number of aromatic nitrogens is 1. The van der Waals surface area contributed by atoms with E-state index >= 15 is 0 Å². The third kappa shape index (κ3) is 5.54. The van der Waals surface area contributed by atoms with Crippen LogP contribution in [0.3, 0.4) is 0 Å². The van der Waals surface area contributed by atoms with Crippen LogP contribution in [0, 0.1) is 0 Å². The van der Waals surface area contributed by atoms with Crippen LogP contribution in [0.5, 0.6) is 5.75 Å². The number of morpholine rings is 1. The second-order valence-corrected chi connectivity index (χ2v) is 6.30. The summed E-state index contributed by atoms with van der Waals surface area (Å²) in [7, 11) is 1.57. The quantitative estimate of drug-likeness (QED) is 0.679. The van der Waals surface area contributed by atoms with Crippen molar-refractivity contribution in [1.82, 2.24) is 20.7 Å². The summed E-state index contributed by atoms with van der Waals surface area (Å²) in [5, 5.41) is 9.10. The van der Waals surface area contributed by atoms with E-state index in [1.54, 1.807) is 13.2 Å². The van der Waals surface area contributed by atoms with Crippen molar-refractivity contribution >= 4 is 11.8 Å². The Morgan fingerprint density at radius 3 is 2.82 bits per heavy atom. The van der Waals surface area contributed by atoms with Gasteiger partial charge in [0.05, 0.1) is 26.9 Å². The smallest absolute Gasteiger partial charge is 0.273 e. The van der Waals surface area contributed by atoms with Gasteiger partial charge in [-0.15, -0.1) is 0 Å². The maximum absolute atomic E-state index is 12.2. The molecule has 150 valence electrons. The predicted octanol–water partition coefficient (Wildman–Crippen LogP) is 0.528. The Morgan fingerprint density at radius 1 is 1.21 bits per heavy atom.